The van der Waals surface area contributed by atoms with Crippen molar-refractivity contribution in [2.45, 2.75) is 46.2 Å². The monoisotopic (exact) mass is 435 g/mol. The van der Waals surface area contributed by atoms with Gasteiger partial charge in [-0.15, -0.1) is 0 Å². The molecule has 4 rings (SSSR count). The van der Waals surface area contributed by atoms with E-state index in [1.807, 2.05) is 37.3 Å². The van der Waals surface area contributed by atoms with Crippen molar-refractivity contribution in [2.75, 3.05) is 13.2 Å². The van der Waals surface area contributed by atoms with Crippen LogP contribution in [0.15, 0.2) is 47.5 Å². The molecular formula is C25H29N3O4. The molecule has 168 valence electrons. The summed E-state index contributed by atoms with van der Waals surface area (Å²) in [6.45, 7) is 7.58. The summed E-state index contributed by atoms with van der Waals surface area (Å²) < 4.78 is 13.0. The maximum atomic E-state index is 12.8. The molecule has 1 aliphatic rings. The van der Waals surface area contributed by atoms with Crippen LogP contribution in [0.1, 0.15) is 43.9 Å². The molecule has 1 unspecified atom stereocenters. The second-order valence-electron chi connectivity index (χ2n) is 8.51. The van der Waals surface area contributed by atoms with Crippen LogP contribution in [0.2, 0.25) is 0 Å². The molecular weight excluding hydrogens is 406 g/mol. The predicted octanol–water partition coefficient (Wildman–Crippen LogP) is 3.77. The SMILES string of the molecule is Cc1cccc2c(=O)n(CCC(=O)NC(c3ccc4c(c3)OCCCO4)C(C)C)cnc12. The van der Waals surface area contributed by atoms with Gasteiger partial charge in [0, 0.05) is 19.4 Å². The van der Waals surface area contributed by atoms with Crippen LogP contribution in [-0.4, -0.2) is 28.7 Å². The Balaban J connectivity index is 1.46. The summed E-state index contributed by atoms with van der Waals surface area (Å²) in [7, 11) is 0. The lowest BCUT2D eigenvalue weighted by Gasteiger charge is -2.24. The molecule has 1 amide bonds. The molecule has 1 atom stereocenters. The average molecular weight is 436 g/mol. The molecule has 0 fully saturated rings. The Bertz CT molecular complexity index is 1190. The van der Waals surface area contributed by atoms with E-state index in [1.54, 1.807) is 6.07 Å². The molecule has 7 nitrogen and oxygen atoms in total. The minimum Gasteiger partial charge on any atom is -0.490 e. The molecule has 7 heteroatoms. The second kappa shape index (κ2) is 9.42. The maximum Gasteiger partial charge on any atom is 0.261 e. The van der Waals surface area contributed by atoms with Gasteiger partial charge in [0.15, 0.2) is 11.5 Å². The number of fused-ring (bicyclic) bond motifs is 2. The van der Waals surface area contributed by atoms with Crippen molar-refractivity contribution in [3.8, 4) is 11.5 Å². The van der Waals surface area contributed by atoms with Gasteiger partial charge in [0.1, 0.15) is 0 Å². The second-order valence-corrected chi connectivity index (χ2v) is 8.51. The van der Waals surface area contributed by atoms with Gasteiger partial charge in [0.2, 0.25) is 5.91 Å². The minimum absolute atomic E-state index is 0.118. The van der Waals surface area contributed by atoms with E-state index in [1.165, 1.54) is 10.9 Å². The summed E-state index contributed by atoms with van der Waals surface area (Å²) >= 11 is 0. The topological polar surface area (TPSA) is 82.5 Å². The molecule has 0 aliphatic carbocycles. The van der Waals surface area contributed by atoms with Crippen LogP contribution in [0, 0.1) is 12.8 Å². The number of benzene rings is 2. The van der Waals surface area contributed by atoms with Gasteiger partial charge in [-0.2, -0.15) is 0 Å². The van der Waals surface area contributed by atoms with E-state index >= 15 is 0 Å². The fourth-order valence-electron chi connectivity index (χ4n) is 3.97. The fraction of sp³-hybridized carbons (Fsp3) is 0.400. The van der Waals surface area contributed by atoms with Gasteiger partial charge in [-0.1, -0.05) is 32.0 Å². The first-order valence-electron chi connectivity index (χ1n) is 11.1. The summed E-state index contributed by atoms with van der Waals surface area (Å²) in [6.07, 6.45) is 2.55. The molecule has 2 aromatic carbocycles. The molecule has 0 saturated heterocycles. The van der Waals surface area contributed by atoms with Crippen LogP contribution in [0.4, 0.5) is 0 Å². The molecule has 0 bridgehead atoms. The quantitative estimate of drug-likeness (QED) is 0.637. The molecule has 1 aromatic heterocycles. The molecule has 3 aromatic rings. The Morgan fingerprint density at radius 3 is 2.72 bits per heavy atom. The van der Waals surface area contributed by atoms with E-state index in [9.17, 15) is 9.59 Å². The highest BCUT2D eigenvalue weighted by molar-refractivity contribution is 5.80. The van der Waals surface area contributed by atoms with Crippen LogP contribution in [0.5, 0.6) is 11.5 Å². The Labute approximate surface area is 187 Å². The van der Waals surface area contributed by atoms with Gasteiger partial charge in [-0.05, 0) is 42.2 Å². The highest BCUT2D eigenvalue weighted by Crippen LogP contribution is 2.34. The van der Waals surface area contributed by atoms with Crippen molar-refractivity contribution in [3.63, 3.8) is 0 Å². The van der Waals surface area contributed by atoms with Crippen molar-refractivity contribution in [3.05, 3.63) is 64.2 Å². The van der Waals surface area contributed by atoms with Gasteiger partial charge < -0.3 is 14.8 Å². The third-order valence-corrected chi connectivity index (χ3v) is 5.75. The lowest BCUT2D eigenvalue weighted by atomic mass is 9.95. The standard InChI is InChI=1S/C25H29N3O4/c1-16(2)23(18-8-9-20-21(14-18)32-13-5-12-31-20)27-22(29)10-11-28-15-26-24-17(3)6-4-7-19(24)25(28)30/h4,6-9,14-16,23H,5,10-13H2,1-3H3,(H,27,29). The summed E-state index contributed by atoms with van der Waals surface area (Å²) in [5, 5.41) is 3.69. The van der Waals surface area contributed by atoms with Crippen LogP contribution in [0.25, 0.3) is 10.9 Å². The first-order chi connectivity index (χ1) is 15.4. The summed E-state index contributed by atoms with van der Waals surface area (Å²) in [5.41, 5.74) is 2.50. The zero-order chi connectivity index (χ0) is 22.7. The third-order valence-electron chi connectivity index (χ3n) is 5.75. The van der Waals surface area contributed by atoms with Gasteiger partial charge >= 0.3 is 0 Å². The summed E-state index contributed by atoms with van der Waals surface area (Å²) in [4.78, 5) is 30.0. The number of amides is 1. The minimum atomic E-state index is -0.172. The number of aromatic nitrogens is 2. The van der Waals surface area contributed by atoms with Crippen LogP contribution in [-0.2, 0) is 11.3 Å². The Morgan fingerprint density at radius 1 is 1.16 bits per heavy atom. The van der Waals surface area contributed by atoms with Gasteiger partial charge in [0.25, 0.3) is 5.56 Å². The number of carbonyl (C=O) groups is 1. The Kier molecular flexibility index (Phi) is 6.44. The van der Waals surface area contributed by atoms with Crippen LogP contribution >= 0.6 is 0 Å². The van der Waals surface area contributed by atoms with Crippen molar-refractivity contribution >= 4 is 16.8 Å². The lowest BCUT2D eigenvalue weighted by Crippen LogP contribution is -2.33. The Hall–Kier alpha value is -3.35. The molecule has 0 saturated carbocycles. The molecule has 1 aliphatic heterocycles. The van der Waals surface area contributed by atoms with E-state index < -0.39 is 0 Å². The number of carbonyl (C=O) groups excluding carboxylic acids is 1. The number of hydrogen-bond donors (Lipinski definition) is 1. The van der Waals surface area contributed by atoms with E-state index in [0.29, 0.717) is 29.9 Å². The summed E-state index contributed by atoms with van der Waals surface area (Å²) in [6, 6.07) is 11.2. The largest absolute Gasteiger partial charge is 0.490 e. The van der Waals surface area contributed by atoms with Crippen molar-refractivity contribution in [1.29, 1.82) is 0 Å². The maximum absolute atomic E-state index is 12.8. The molecule has 0 spiro atoms. The zero-order valence-corrected chi connectivity index (χ0v) is 18.8. The first-order valence-corrected chi connectivity index (χ1v) is 11.1. The van der Waals surface area contributed by atoms with Crippen molar-refractivity contribution < 1.29 is 14.3 Å². The lowest BCUT2D eigenvalue weighted by molar-refractivity contribution is -0.122. The van der Waals surface area contributed by atoms with E-state index in [2.05, 4.69) is 24.1 Å². The van der Waals surface area contributed by atoms with Crippen molar-refractivity contribution in [2.24, 2.45) is 5.92 Å². The Morgan fingerprint density at radius 2 is 1.94 bits per heavy atom. The number of rotatable bonds is 6. The molecule has 32 heavy (non-hydrogen) atoms. The number of nitrogens with zero attached hydrogens (tertiary/aromatic N) is 2. The first kappa shape index (κ1) is 21.9. The predicted molar refractivity (Wildman–Crippen MR) is 123 cm³/mol. The third kappa shape index (κ3) is 4.61. The molecule has 1 N–H and O–H groups in total. The number of aryl methyl sites for hydroxylation is 2. The normalized spacial score (nSPS) is 14.2. The van der Waals surface area contributed by atoms with E-state index in [4.69, 9.17) is 9.47 Å². The van der Waals surface area contributed by atoms with Crippen molar-refractivity contribution in [1.82, 2.24) is 14.9 Å². The number of ether oxygens (including phenoxy) is 2. The smallest absolute Gasteiger partial charge is 0.261 e. The zero-order valence-electron chi connectivity index (χ0n) is 18.8. The fourth-order valence-corrected chi connectivity index (χ4v) is 3.97. The van der Waals surface area contributed by atoms with Crippen LogP contribution in [0.3, 0.4) is 0 Å². The number of para-hydroxylation sites is 1. The highest BCUT2D eigenvalue weighted by Gasteiger charge is 2.21. The summed E-state index contributed by atoms with van der Waals surface area (Å²) in [5.74, 6) is 1.51. The van der Waals surface area contributed by atoms with Gasteiger partial charge in [0.05, 0.1) is 36.5 Å². The number of nitrogens with one attached hydrogen (secondary N) is 1. The van der Waals surface area contributed by atoms with E-state index in [0.717, 1.165) is 23.3 Å². The number of hydrogen-bond acceptors (Lipinski definition) is 5. The molecule has 0 radical (unpaired) electrons. The van der Waals surface area contributed by atoms with Gasteiger partial charge in [-0.25, -0.2) is 4.98 Å². The average Bonchev–Trinajstić information content (AvgIpc) is 3.02. The molecule has 2 heterocycles. The van der Waals surface area contributed by atoms with Crippen LogP contribution < -0.4 is 20.3 Å². The highest BCUT2D eigenvalue weighted by atomic mass is 16.5. The van der Waals surface area contributed by atoms with E-state index in [-0.39, 0.29) is 36.4 Å². The van der Waals surface area contributed by atoms with Gasteiger partial charge in [-0.3, -0.25) is 14.2 Å².